The molecule has 0 aromatic heterocycles. The van der Waals surface area contributed by atoms with Crippen molar-refractivity contribution in [3.8, 4) is 5.75 Å². The third kappa shape index (κ3) is 3.44. The molecule has 0 radical (unpaired) electrons. The fraction of sp³-hybridized carbons (Fsp3) is 0.636. The molecule has 4 aliphatic rings. The minimum absolute atomic E-state index is 0.0229. The summed E-state index contributed by atoms with van der Waals surface area (Å²) in [7, 11) is 3.35. The maximum Gasteiger partial charge on any atom is 0.228 e. The lowest BCUT2D eigenvalue weighted by molar-refractivity contribution is -0.146. The van der Waals surface area contributed by atoms with E-state index < -0.39 is 0 Å². The van der Waals surface area contributed by atoms with Gasteiger partial charge in [-0.3, -0.25) is 9.59 Å². The van der Waals surface area contributed by atoms with Gasteiger partial charge in [-0.1, -0.05) is 12.1 Å². The highest BCUT2D eigenvalue weighted by Gasteiger charge is 2.54. The largest absolute Gasteiger partial charge is 0.495 e. The molecule has 4 bridgehead atoms. The topological polar surface area (TPSA) is 58.6 Å². The summed E-state index contributed by atoms with van der Waals surface area (Å²) in [5.74, 6) is 3.09. The van der Waals surface area contributed by atoms with Gasteiger partial charge in [0.25, 0.3) is 0 Å². The van der Waals surface area contributed by atoms with Crippen molar-refractivity contribution in [2.45, 2.75) is 44.9 Å². The van der Waals surface area contributed by atoms with Crippen molar-refractivity contribution in [3.05, 3.63) is 24.3 Å². The van der Waals surface area contributed by atoms with Crippen LogP contribution in [0.2, 0.25) is 0 Å². The van der Waals surface area contributed by atoms with Crippen LogP contribution in [0.4, 0.5) is 5.69 Å². The van der Waals surface area contributed by atoms with Crippen molar-refractivity contribution in [3.63, 3.8) is 0 Å². The molecule has 4 fully saturated rings. The van der Waals surface area contributed by atoms with Crippen molar-refractivity contribution in [1.82, 2.24) is 5.32 Å². The number of hydrogen-bond acceptors (Lipinski definition) is 3. The minimum Gasteiger partial charge on any atom is -0.495 e. The molecule has 0 heterocycles. The van der Waals surface area contributed by atoms with Crippen LogP contribution in [0.25, 0.3) is 0 Å². The monoisotopic (exact) mass is 370 g/mol. The zero-order valence-electron chi connectivity index (χ0n) is 16.4. The van der Waals surface area contributed by atoms with E-state index in [-0.39, 0.29) is 17.2 Å². The van der Waals surface area contributed by atoms with E-state index in [9.17, 15) is 9.59 Å². The number of rotatable bonds is 6. The first-order valence-corrected chi connectivity index (χ1v) is 10.2. The number of amides is 2. The van der Waals surface area contributed by atoms with Gasteiger partial charge in [0, 0.05) is 25.4 Å². The van der Waals surface area contributed by atoms with Crippen LogP contribution in [-0.2, 0) is 9.59 Å². The predicted octanol–water partition coefficient (Wildman–Crippen LogP) is 3.38. The van der Waals surface area contributed by atoms with E-state index in [1.807, 2.05) is 24.3 Å². The van der Waals surface area contributed by atoms with E-state index in [0.717, 1.165) is 42.7 Å². The summed E-state index contributed by atoms with van der Waals surface area (Å²) in [5.41, 5.74) is 0.601. The van der Waals surface area contributed by atoms with E-state index in [2.05, 4.69) is 5.32 Å². The SMILES string of the molecule is COc1ccccc1N(C)C(=O)CCNC(=O)C12CC3CC(CC(C3)C1)C2. The molecule has 4 aliphatic carbocycles. The summed E-state index contributed by atoms with van der Waals surface area (Å²) < 4.78 is 5.33. The van der Waals surface area contributed by atoms with Crippen molar-refractivity contribution in [2.75, 3.05) is 25.6 Å². The summed E-state index contributed by atoms with van der Waals surface area (Å²) in [5, 5.41) is 3.09. The molecule has 4 saturated carbocycles. The Balaban J connectivity index is 1.32. The van der Waals surface area contributed by atoms with Gasteiger partial charge in [-0.2, -0.15) is 0 Å². The molecule has 0 aliphatic heterocycles. The second kappa shape index (κ2) is 7.17. The number of ether oxygens (including phenoxy) is 1. The van der Waals surface area contributed by atoms with Gasteiger partial charge < -0.3 is 15.0 Å². The summed E-state index contributed by atoms with van der Waals surface area (Å²) >= 11 is 0. The van der Waals surface area contributed by atoms with Crippen LogP contribution in [0, 0.1) is 23.2 Å². The number of carbonyl (C=O) groups excluding carboxylic acids is 2. The van der Waals surface area contributed by atoms with Crippen molar-refractivity contribution < 1.29 is 14.3 Å². The Labute approximate surface area is 161 Å². The highest BCUT2D eigenvalue weighted by molar-refractivity contribution is 5.94. The first-order chi connectivity index (χ1) is 13.0. The molecule has 0 saturated heterocycles. The quantitative estimate of drug-likeness (QED) is 0.835. The van der Waals surface area contributed by atoms with Gasteiger partial charge in [0.2, 0.25) is 11.8 Å². The molecule has 1 aromatic carbocycles. The maximum atomic E-state index is 13.0. The Bertz CT molecular complexity index is 695. The highest BCUT2D eigenvalue weighted by atomic mass is 16.5. The number of hydrogen-bond donors (Lipinski definition) is 1. The van der Waals surface area contributed by atoms with Gasteiger partial charge in [-0.25, -0.2) is 0 Å². The predicted molar refractivity (Wildman–Crippen MR) is 105 cm³/mol. The molecule has 2 amide bonds. The summed E-state index contributed by atoms with van der Waals surface area (Å²) in [6.45, 7) is 0.402. The van der Waals surface area contributed by atoms with Crippen LogP contribution in [0.5, 0.6) is 5.75 Å². The van der Waals surface area contributed by atoms with Crippen LogP contribution >= 0.6 is 0 Å². The summed E-state index contributed by atoms with van der Waals surface area (Å²) in [4.78, 5) is 27.1. The lowest BCUT2D eigenvalue weighted by Gasteiger charge is -2.55. The molecular weight excluding hydrogens is 340 g/mol. The highest BCUT2D eigenvalue weighted by Crippen LogP contribution is 2.60. The number of para-hydroxylation sites is 2. The molecule has 5 heteroatoms. The molecule has 146 valence electrons. The van der Waals surface area contributed by atoms with E-state index >= 15 is 0 Å². The van der Waals surface area contributed by atoms with Gasteiger partial charge in [0.15, 0.2) is 0 Å². The van der Waals surface area contributed by atoms with Crippen molar-refractivity contribution in [1.29, 1.82) is 0 Å². The van der Waals surface area contributed by atoms with Gasteiger partial charge in [-0.05, 0) is 68.4 Å². The normalized spacial score (nSPS) is 30.8. The van der Waals surface area contributed by atoms with Crippen LogP contribution in [0.1, 0.15) is 44.9 Å². The average molecular weight is 370 g/mol. The van der Waals surface area contributed by atoms with Crippen molar-refractivity contribution >= 4 is 17.5 Å². The molecule has 27 heavy (non-hydrogen) atoms. The molecule has 1 aromatic rings. The number of nitrogens with zero attached hydrogens (tertiary/aromatic N) is 1. The Hall–Kier alpha value is -2.04. The Kier molecular flexibility index (Phi) is 4.87. The Morgan fingerprint density at radius 1 is 1.11 bits per heavy atom. The van der Waals surface area contributed by atoms with Crippen LogP contribution in [0.15, 0.2) is 24.3 Å². The van der Waals surface area contributed by atoms with Gasteiger partial charge in [-0.15, -0.1) is 0 Å². The number of carbonyl (C=O) groups is 2. The van der Waals surface area contributed by atoms with E-state index in [1.54, 1.807) is 19.1 Å². The molecule has 0 unspecified atom stereocenters. The van der Waals surface area contributed by atoms with Gasteiger partial charge in [0.05, 0.1) is 12.8 Å². The smallest absolute Gasteiger partial charge is 0.228 e. The lowest BCUT2D eigenvalue weighted by Crippen LogP contribution is -2.53. The molecule has 1 N–H and O–H groups in total. The van der Waals surface area contributed by atoms with Crippen LogP contribution < -0.4 is 15.0 Å². The lowest BCUT2D eigenvalue weighted by atomic mass is 9.49. The van der Waals surface area contributed by atoms with Crippen LogP contribution in [0.3, 0.4) is 0 Å². The molecule has 5 nitrogen and oxygen atoms in total. The Morgan fingerprint density at radius 2 is 1.70 bits per heavy atom. The first kappa shape index (κ1) is 18.3. The third-order valence-electron chi connectivity index (χ3n) is 6.96. The van der Waals surface area contributed by atoms with E-state index in [4.69, 9.17) is 4.74 Å². The number of nitrogens with one attached hydrogen (secondary N) is 1. The molecule has 0 spiro atoms. The standard InChI is InChI=1S/C22H30N2O3/c1-24(18-5-3-4-6-19(18)27-2)20(25)7-8-23-21(26)22-12-15-9-16(13-22)11-17(10-15)14-22/h3-6,15-17H,7-14H2,1-2H3,(H,23,26). The second-order valence-electron chi connectivity index (χ2n) is 8.83. The molecule has 0 atom stereocenters. The Morgan fingerprint density at radius 3 is 2.30 bits per heavy atom. The zero-order valence-corrected chi connectivity index (χ0v) is 16.4. The summed E-state index contributed by atoms with van der Waals surface area (Å²) in [6.07, 6.45) is 7.45. The number of anilines is 1. The zero-order chi connectivity index (χ0) is 19.0. The van der Waals surface area contributed by atoms with Crippen molar-refractivity contribution in [2.24, 2.45) is 23.2 Å². The van der Waals surface area contributed by atoms with Gasteiger partial charge >= 0.3 is 0 Å². The summed E-state index contributed by atoms with van der Waals surface area (Å²) in [6, 6.07) is 7.47. The van der Waals surface area contributed by atoms with Crippen LogP contribution in [-0.4, -0.2) is 32.5 Å². The molecular formula is C22H30N2O3. The molecule has 5 rings (SSSR count). The van der Waals surface area contributed by atoms with E-state index in [1.165, 1.54) is 19.3 Å². The number of methoxy groups -OCH3 is 1. The van der Waals surface area contributed by atoms with E-state index in [0.29, 0.717) is 18.7 Å². The fourth-order valence-electron chi connectivity index (χ4n) is 6.07. The minimum atomic E-state index is -0.146. The number of benzene rings is 1. The fourth-order valence-corrected chi connectivity index (χ4v) is 6.07. The maximum absolute atomic E-state index is 13.0. The van der Waals surface area contributed by atoms with Gasteiger partial charge in [0.1, 0.15) is 5.75 Å². The first-order valence-electron chi connectivity index (χ1n) is 10.2. The second-order valence-corrected chi connectivity index (χ2v) is 8.83. The third-order valence-corrected chi connectivity index (χ3v) is 6.96. The average Bonchev–Trinajstić information content (AvgIpc) is 2.66.